The van der Waals surface area contributed by atoms with Gasteiger partial charge in [-0.25, -0.2) is 4.39 Å². The average Bonchev–Trinajstić information content (AvgIpc) is 2.68. The van der Waals surface area contributed by atoms with E-state index in [0.717, 1.165) is 35.1 Å². The Balaban J connectivity index is 1.78. The van der Waals surface area contributed by atoms with Crippen LogP contribution in [-0.4, -0.2) is 0 Å². The summed E-state index contributed by atoms with van der Waals surface area (Å²) in [6.07, 6.45) is 1.87. The molecule has 2 heteroatoms. The van der Waals surface area contributed by atoms with Crippen molar-refractivity contribution in [3.63, 3.8) is 0 Å². The van der Waals surface area contributed by atoms with Crippen LogP contribution in [0.3, 0.4) is 0 Å². The number of rotatable bonds is 3. The first kappa shape index (κ1) is 17.5. The smallest absolute Gasteiger partial charge is 0.139 e. The van der Waals surface area contributed by atoms with E-state index < -0.39 is 0 Å². The van der Waals surface area contributed by atoms with Crippen molar-refractivity contribution < 1.29 is 4.39 Å². The Hall–Kier alpha value is -3.36. The van der Waals surface area contributed by atoms with Crippen LogP contribution in [0, 0.1) is 29.0 Å². The van der Waals surface area contributed by atoms with Gasteiger partial charge in [-0.3, -0.25) is 0 Å². The lowest BCUT2D eigenvalue weighted by Crippen LogP contribution is -1.89. The molecule has 0 atom stereocenters. The molecule has 0 amide bonds. The van der Waals surface area contributed by atoms with Crippen LogP contribution in [0.15, 0.2) is 66.7 Å². The monoisotopic (exact) mass is 339 g/mol. The van der Waals surface area contributed by atoms with Crippen LogP contribution in [0.1, 0.15) is 35.6 Å². The van der Waals surface area contributed by atoms with Gasteiger partial charge in [-0.15, -0.1) is 0 Å². The molecule has 0 saturated carbocycles. The van der Waals surface area contributed by atoms with E-state index in [-0.39, 0.29) is 5.82 Å². The van der Waals surface area contributed by atoms with Crippen molar-refractivity contribution in [1.82, 2.24) is 0 Å². The van der Waals surface area contributed by atoms with Crippen LogP contribution in [0.2, 0.25) is 0 Å². The van der Waals surface area contributed by atoms with Gasteiger partial charge in [0.05, 0.1) is 17.2 Å². The van der Waals surface area contributed by atoms with Crippen molar-refractivity contribution >= 4 is 0 Å². The molecule has 0 aliphatic rings. The van der Waals surface area contributed by atoms with Gasteiger partial charge in [0, 0.05) is 5.56 Å². The Morgan fingerprint density at radius 1 is 0.808 bits per heavy atom. The third-order valence-corrected chi connectivity index (χ3v) is 4.15. The van der Waals surface area contributed by atoms with Crippen LogP contribution >= 0.6 is 0 Å². The van der Waals surface area contributed by atoms with E-state index in [0.29, 0.717) is 11.1 Å². The molecule has 0 aromatic heterocycles. The minimum absolute atomic E-state index is 0.266. The predicted molar refractivity (Wildman–Crippen MR) is 103 cm³/mol. The van der Waals surface area contributed by atoms with E-state index in [4.69, 9.17) is 5.26 Å². The van der Waals surface area contributed by atoms with Crippen LogP contribution in [0.5, 0.6) is 0 Å². The van der Waals surface area contributed by atoms with Crippen molar-refractivity contribution in [2.24, 2.45) is 0 Å². The van der Waals surface area contributed by atoms with Gasteiger partial charge in [0.1, 0.15) is 5.82 Å². The largest absolute Gasteiger partial charge is 0.206 e. The highest BCUT2D eigenvalue weighted by Gasteiger charge is 2.01. The molecule has 0 N–H and O–H groups in total. The summed E-state index contributed by atoms with van der Waals surface area (Å²) in [6.45, 7) is 2.08. The summed E-state index contributed by atoms with van der Waals surface area (Å²) in [4.78, 5) is 0. The topological polar surface area (TPSA) is 23.8 Å². The molecule has 3 aromatic rings. The molecule has 0 aliphatic carbocycles. The SMILES string of the molecule is CCCc1ccc(C#Cc2ccc(-c3ccc(C#N)cc3)cc2)c(F)c1. The molecule has 0 heterocycles. The first-order valence-corrected chi connectivity index (χ1v) is 8.60. The standard InChI is InChI=1S/C24H18FN/c1-2-3-19-7-15-23(24(25)16-19)14-6-18-4-10-21(11-5-18)22-12-8-20(17-26)9-13-22/h4-5,7-13,15-16H,2-3H2,1H3. The fraction of sp³-hybridized carbons (Fsp3) is 0.125. The maximum absolute atomic E-state index is 14.1. The zero-order chi connectivity index (χ0) is 18.4. The van der Waals surface area contributed by atoms with E-state index in [2.05, 4.69) is 24.8 Å². The van der Waals surface area contributed by atoms with Gasteiger partial charge in [-0.05, 0) is 59.5 Å². The van der Waals surface area contributed by atoms with Crippen molar-refractivity contribution in [2.75, 3.05) is 0 Å². The number of hydrogen-bond acceptors (Lipinski definition) is 1. The van der Waals surface area contributed by atoms with E-state index in [1.165, 1.54) is 0 Å². The second kappa shape index (κ2) is 8.15. The Labute approximate surface area is 153 Å². The molecule has 0 aliphatic heterocycles. The fourth-order valence-electron chi connectivity index (χ4n) is 2.73. The van der Waals surface area contributed by atoms with Crippen molar-refractivity contribution in [2.45, 2.75) is 19.8 Å². The summed E-state index contributed by atoms with van der Waals surface area (Å²) in [6, 6.07) is 22.6. The summed E-state index contributed by atoms with van der Waals surface area (Å²) >= 11 is 0. The fourth-order valence-corrected chi connectivity index (χ4v) is 2.73. The highest BCUT2D eigenvalue weighted by molar-refractivity contribution is 5.65. The molecule has 0 radical (unpaired) electrons. The molecule has 0 spiro atoms. The first-order chi connectivity index (χ1) is 12.7. The maximum Gasteiger partial charge on any atom is 0.139 e. The summed E-state index contributed by atoms with van der Waals surface area (Å²) in [7, 11) is 0. The van der Waals surface area contributed by atoms with Crippen LogP contribution in [0.4, 0.5) is 4.39 Å². The Bertz CT molecular complexity index is 997. The lowest BCUT2D eigenvalue weighted by Gasteiger charge is -2.02. The molecule has 126 valence electrons. The number of aryl methyl sites for hydroxylation is 1. The lowest BCUT2D eigenvalue weighted by atomic mass is 10.0. The first-order valence-electron chi connectivity index (χ1n) is 8.60. The molecule has 1 nitrogen and oxygen atoms in total. The van der Waals surface area contributed by atoms with Gasteiger partial charge in [0.15, 0.2) is 0 Å². The van der Waals surface area contributed by atoms with E-state index in [9.17, 15) is 4.39 Å². The Morgan fingerprint density at radius 3 is 1.96 bits per heavy atom. The minimum Gasteiger partial charge on any atom is -0.206 e. The van der Waals surface area contributed by atoms with Crippen molar-refractivity contribution in [3.8, 4) is 29.0 Å². The summed E-state index contributed by atoms with van der Waals surface area (Å²) < 4.78 is 14.1. The third-order valence-electron chi connectivity index (χ3n) is 4.15. The highest BCUT2D eigenvalue weighted by atomic mass is 19.1. The lowest BCUT2D eigenvalue weighted by molar-refractivity contribution is 0.621. The van der Waals surface area contributed by atoms with E-state index in [1.54, 1.807) is 24.3 Å². The number of hydrogen-bond donors (Lipinski definition) is 0. The molecular formula is C24H18FN. The maximum atomic E-state index is 14.1. The van der Waals surface area contributed by atoms with Gasteiger partial charge in [0.25, 0.3) is 0 Å². The van der Waals surface area contributed by atoms with Crippen LogP contribution < -0.4 is 0 Å². The molecule has 3 aromatic carbocycles. The average molecular weight is 339 g/mol. The molecule has 0 unspecified atom stereocenters. The van der Waals surface area contributed by atoms with Gasteiger partial charge in [-0.2, -0.15) is 5.26 Å². The normalized spacial score (nSPS) is 9.88. The molecule has 3 rings (SSSR count). The van der Waals surface area contributed by atoms with Crippen LogP contribution in [0.25, 0.3) is 11.1 Å². The molecule has 0 fully saturated rings. The second-order valence-electron chi connectivity index (χ2n) is 6.08. The molecular weight excluding hydrogens is 321 g/mol. The summed E-state index contributed by atoms with van der Waals surface area (Å²) in [5, 5.41) is 8.86. The van der Waals surface area contributed by atoms with Gasteiger partial charge in [0.2, 0.25) is 0 Å². The summed E-state index contributed by atoms with van der Waals surface area (Å²) in [5.74, 6) is 5.66. The summed E-state index contributed by atoms with van der Waals surface area (Å²) in [5.41, 5.74) is 4.99. The number of halogens is 1. The van der Waals surface area contributed by atoms with Gasteiger partial charge in [-0.1, -0.05) is 55.5 Å². The minimum atomic E-state index is -0.266. The number of nitrogens with zero attached hydrogens (tertiary/aromatic N) is 1. The zero-order valence-corrected chi connectivity index (χ0v) is 14.6. The molecule has 0 saturated heterocycles. The van der Waals surface area contributed by atoms with E-state index in [1.807, 2.05) is 42.5 Å². The quantitative estimate of drug-likeness (QED) is 0.560. The third kappa shape index (κ3) is 4.18. The number of nitriles is 1. The van der Waals surface area contributed by atoms with Gasteiger partial charge < -0.3 is 0 Å². The molecule has 26 heavy (non-hydrogen) atoms. The highest BCUT2D eigenvalue weighted by Crippen LogP contribution is 2.20. The van der Waals surface area contributed by atoms with Crippen LogP contribution in [-0.2, 0) is 6.42 Å². The zero-order valence-electron chi connectivity index (χ0n) is 14.6. The number of benzene rings is 3. The van der Waals surface area contributed by atoms with E-state index >= 15 is 0 Å². The molecule has 0 bridgehead atoms. The van der Waals surface area contributed by atoms with Crippen molar-refractivity contribution in [1.29, 1.82) is 5.26 Å². The Morgan fingerprint density at radius 2 is 1.42 bits per heavy atom. The van der Waals surface area contributed by atoms with Crippen molar-refractivity contribution in [3.05, 3.63) is 94.8 Å². The second-order valence-corrected chi connectivity index (χ2v) is 6.08. The predicted octanol–water partition coefficient (Wildman–Crippen LogP) is 5.72. The Kier molecular flexibility index (Phi) is 5.47. The van der Waals surface area contributed by atoms with Gasteiger partial charge >= 0.3 is 0 Å².